The Morgan fingerprint density at radius 3 is 2.50 bits per heavy atom. The lowest BCUT2D eigenvalue weighted by atomic mass is 9.64. The van der Waals surface area contributed by atoms with Crippen LogP contribution in [0.4, 0.5) is 14.6 Å². The van der Waals surface area contributed by atoms with Crippen LogP contribution in [-0.2, 0) is 15.0 Å². The van der Waals surface area contributed by atoms with E-state index in [1.807, 2.05) is 38.1 Å². The number of carboxylic acid groups (broad SMARTS) is 1. The van der Waals surface area contributed by atoms with Crippen LogP contribution in [0.2, 0.25) is 0 Å². The maximum absolute atomic E-state index is 13.7. The first-order valence-electron chi connectivity index (χ1n) is 10.4. The maximum atomic E-state index is 13.7. The van der Waals surface area contributed by atoms with Crippen molar-refractivity contribution >= 4 is 33.6 Å². The van der Waals surface area contributed by atoms with Crippen molar-refractivity contribution in [3.05, 3.63) is 52.1 Å². The number of pyridine rings is 1. The molecule has 32 heavy (non-hydrogen) atoms. The zero-order valence-electron chi connectivity index (χ0n) is 17.8. The van der Waals surface area contributed by atoms with Crippen molar-refractivity contribution in [1.29, 1.82) is 0 Å². The van der Waals surface area contributed by atoms with Gasteiger partial charge in [-0.2, -0.15) is 8.78 Å². The normalized spacial score (nSPS) is 20.9. The van der Waals surface area contributed by atoms with Gasteiger partial charge in [0.2, 0.25) is 5.91 Å². The molecule has 1 aliphatic rings. The number of aromatic nitrogens is 1. The third-order valence-electron chi connectivity index (χ3n) is 5.99. The summed E-state index contributed by atoms with van der Waals surface area (Å²) in [6.45, 7) is 0.972. The van der Waals surface area contributed by atoms with Crippen molar-refractivity contribution in [2.75, 3.05) is 5.32 Å². The molecular formula is C23H25BrF2N2O4. The molecule has 2 N–H and O–H groups in total. The third-order valence-corrected chi connectivity index (χ3v) is 6.42. The topological polar surface area (TPSA) is 88.5 Å². The molecule has 0 aliphatic heterocycles. The highest BCUT2D eigenvalue weighted by atomic mass is 79.9. The van der Waals surface area contributed by atoms with E-state index in [2.05, 4.69) is 31.0 Å². The molecule has 1 amide bonds. The van der Waals surface area contributed by atoms with Crippen LogP contribution in [0.15, 0.2) is 41.0 Å². The molecule has 1 saturated carbocycles. The van der Waals surface area contributed by atoms with Crippen LogP contribution in [0.3, 0.4) is 0 Å². The minimum Gasteiger partial charge on any atom is -0.481 e. The molecule has 0 spiro atoms. The zero-order chi connectivity index (χ0) is 23.5. The molecule has 1 fully saturated rings. The maximum Gasteiger partial charge on any atom is 0.387 e. The Bertz CT molecular complexity index is 992. The molecule has 1 heterocycles. The number of hydrogen-bond donors (Lipinski definition) is 2. The number of benzene rings is 1. The van der Waals surface area contributed by atoms with Crippen molar-refractivity contribution in [2.24, 2.45) is 5.92 Å². The number of carboxylic acids is 1. The monoisotopic (exact) mass is 510 g/mol. The number of aliphatic carboxylic acids is 1. The number of halogens is 3. The Morgan fingerprint density at radius 1 is 1.25 bits per heavy atom. The first kappa shape index (κ1) is 24.1. The van der Waals surface area contributed by atoms with Gasteiger partial charge in [0.25, 0.3) is 0 Å². The van der Waals surface area contributed by atoms with Gasteiger partial charge < -0.3 is 15.2 Å². The Kier molecular flexibility index (Phi) is 7.48. The van der Waals surface area contributed by atoms with E-state index in [0.29, 0.717) is 30.2 Å². The van der Waals surface area contributed by atoms with Crippen LogP contribution in [0.25, 0.3) is 0 Å². The van der Waals surface area contributed by atoms with Gasteiger partial charge in [-0.05, 0) is 58.7 Å². The lowest BCUT2D eigenvalue weighted by Gasteiger charge is -2.40. The van der Waals surface area contributed by atoms with Crippen LogP contribution >= 0.6 is 15.9 Å². The smallest absolute Gasteiger partial charge is 0.387 e. The number of anilines is 1. The average Bonchev–Trinajstić information content (AvgIpc) is 2.75. The predicted octanol–water partition coefficient (Wildman–Crippen LogP) is 5.72. The second-order valence-corrected chi connectivity index (χ2v) is 9.19. The number of carbonyl (C=O) groups is 2. The van der Waals surface area contributed by atoms with Gasteiger partial charge >= 0.3 is 12.6 Å². The fourth-order valence-electron chi connectivity index (χ4n) is 4.34. The summed E-state index contributed by atoms with van der Waals surface area (Å²) in [4.78, 5) is 29.3. The highest BCUT2D eigenvalue weighted by Gasteiger charge is 2.46. The number of ether oxygens (including phenoxy) is 1. The molecular weight excluding hydrogens is 486 g/mol. The van der Waals surface area contributed by atoms with E-state index in [0.717, 1.165) is 11.1 Å². The van der Waals surface area contributed by atoms with Crippen molar-refractivity contribution in [3.8, 4) is 5.75 Å². The lowest BCUT2D eigenvalue weighted by molar-refractivity contribution is -0.144. The minimum absolute atomic E-state index is 0.111. The number of alkyl halides is 2. The van der Waals surface area contributed by atoms with E-state index >= 15 is 0 Å². The van der Waals surface area contributed by atoms with E-state index in [1.165, 1.54) is 12.3 Å². The first-order chi connectivity index (χ1) is 15.1. The van der Waals surface area contributed by atoms with Crippen molar-refractivity contribution < 1.29 is 28.2 Å². The zero-order valence-corrected chi connectivity index (χ0v) is 19.4. The molecule has 0 atom stereocenters. The number of nitrogens with zero attached hydrogens (tertiary/aromatic N) is 1. The third kappa shape index (κ3) is 5.09. The highest BCUT2D eigenvalue weighted by molar-refractivity contribution is 9.10. The summed E-state index contributed by atoms with van der Waals surface area (Å²) in [6, 6.07) is 8.91. The van der Waals surface area contributed by atoms with Crippen molar-refractivity contribution in [1.82, 2.24) is 4.98 Å². The summed E-state index contributed by atoms with van der Waals surface area (Å²) < 4.78 is 30.8. The van der Waals surface area contributed by atoms with Crippen LogP contribution in [0, 0.1) is 5.92 Å². The molecule has 172 valence electrons. The standard InChI is InChI=1S/C23H25BrF2N2O4/c1-13(2)16-5-3-4-6-17(16)23(9-7-14(8-10-23)20(29)30)21(31)28-19-18(32-22(25)26)11-15(24)12-27-19/h3-6,11-14,22H,7-10H2,1-2H3,(H,29,30)(H,27,28,31). The first-order valence-corrected chi connectivity index (χ1v) is 11.2. The second-order valence-electron chi connectivity index (χ2n) is 8.27. The lowest BCUT2D eigenvalue weighted by Crippen LogP contribution is -2.45. The van der Waals surface area contributed by atoms with Gasteiger partial charge in [-0.25, -0.2) is 4.98 Å². The Morgan fingerprint density at radius 2 is 1.91 bits per heavy atom. The predicted molar refractivity (Wildman–Crippen MR) is 119 cm³/mol. The van der Waals surface area contributed by atoms with Gasteiger partial charge in [0.1, 0.15) is 0 Å². The number of carbonyl (C=O) groups excluding carboxylic acids is 1. The number of rotatable bonds is 7. The van der Waals surface area contributed by atoms with Crippen LogP contribution in [0.1, 0.15) is 56.6 Å². The van der Waals surface area contributed by atoms with Crippen LogP contribution in [-0.4, -0.2) is 28.6 Å². The number of nitrogens with one attached hydrogen (secondary N) is 1. The minimum atomic E-state index is -3.08. The Labute approximate surface area is 193 Å². The number of amides is 1. The fraction of sp³-hybridized carbons (Fsp3) is 0.435. The summed E-state index contributed by atoms with van der Waals surface area (Å²) in [6.07, 6.45) is 2.69. The Balaban J connectivity index is 2.02. The van der Waals surface area contributed by atoms with Crippen molar-refractivity contribution in [3.63, 3.8) is 0 Å². The molecule has 0 bridgehead atoms. The molecule has 6 nitrogen and oxygen atoms in total. The summed E-state index contributed by atoms with van der Waals surface area (Å²) in [5.74, 6) is -2.04. The summed E-state index contributed by atoms with van der Waals surface area (Å²) >= 11 is 3.17. The fourth-order valence-corrected chi connectivity index (χ4v) is 4.65. The molecule has 3 rings (SSSR count). The van der Waals surface area contributed by atoms with Crippen molar-refractivity contribution in [2.45, 2.75) is 57.5 Å². The summed E-state index contributed by atoms with van der Waals surface area (Å²) in [5.41, 5.74) is 0.804. The summed E-state index contributed by atoms with van der Waals surface area (Å²) in [7, 11) is 0. The van der Waals surface area contributed by atoms with E-state index in [4.69, 9.17) is 0 Å². The van der Waals surface area contributed by atoms with E-state index in [-0.39, 0.29) is 17.5 Å². The van der Waals surface area contributed by atoms with E-state index < -0.39 is 29.8 Å². The van der Waals surface area contributed by atoms with E-state index in [9.17, 15) is 23.5 Å². The molecule has 0 unspecified atom stereocenters. The Hall–Kier alpha value is -2.55. The van der Waals surface area contributed by atoms with Gasteiger partial charge in [-0.1, -0.05) is 38.1 Å². The van der Waals surface area contributed by atoms with Gasteiger partial charge in [0, 0.05) is 16.7 Å². The molecule has 1 aliphatic carbocycles. The van der Waals surface area contributed by atoms with Gasteiger partial charge in [-0.3, -0.25) is 9.59 Å². The van der Waals surface area contributed by atoms with Crippen LogP contribution in [0.5, 0.6) is 5.75 Å². The average molecular weight is 511 g/mol. The quantitative estimate of drug-likeness (QED) is 0.497. The molecule has 0 radical (unpaired) electrons. The second kappa shape index (κ2) is 9.94. The summed E-state index contributed by atoms with van der Waals surface area (Å²) in [5, 5.41) is 12.1. The molecule has 1 aromatic heterocycles. The molecule has 1 aromatic carbocycles. The van der Waals surface area contributed by atoms with Crippen LogP contribution < -0.4 is 10.1 Å². The number of hydrogen-bond acceptors (Lipinski definition) is 4. The van der Waals surface area contributed by atoms with Gasteiger partial charge in [0.05, 0.1) is 11.3 Å². The SMILES string of the molecule is CC(C)c1ccccc1C1(C(=O)Nc2ncc(Br)cc2OC(F)F)CCC(C(=O)O)CC1. The largest absolute Gasteiger partial charge is 0.481 e. The van der Waals surface area contributed by atoms with E-state index in [1.54, 1.807) is 0 Å². The molecule has 9 heteroatoms. The molecule has 0 saturated heterocycles. The van der Waals surface area contributed by atoms with Gasteiger partial charge in [0.15, 0.2) is 11.6 Å². The van der Waals surface area contributed by atoms with Gasteiger partial charge in [-0.15, -0.1) is 0 Å². The highest BCUT2D eigenvalue weighted by Crippen LogP contribution is 2.45. The molecule has 2 aromatic rings.